The van der Waals surface area contributed by atoms with Crippen LogP contribution in [0.2, 0.25) is 0 Å². The van der Waals surface area contributed by atoms with Gasteiger partial charge >= 0.3 is 0 Å². The fourth-order valence-corrected chi connectivity index (χ4v) is 2.40. The van der Waals surface area contributed by atoms with Crippen LogP contribution in [0.25, 0.3) is 0 Å². The molecule has 0 aromatic carbocycles. The molecule has 0 radical (unpaired) electrons. The van der Waals surface area contributed by atoms with Crippen molar-refractivity contribution >= 4 is 0 Å². The number of rotatable bonds is 5. The van der Waals surface area contributed by atoms with E-state index in [-0.39, 0.29) is 0 Å². The first kappa shape index (κ1) is 14.0. The van der Waals surface area contributed by atoms with Gasteiger partial charge in [0.1, 0.15) is 0 Å². The zero-order chi connectivity index (χ0) is 12.2. The van der Waals surface area contributed by atoms with Crippen molar-refractivity contribution < 1.29 is 0 Å². The Morgan fingerprint density at radius 2 is 1.75 bits per heavy atom. The maximum absolute atomic E-state index is 3.57. The van der Waals surface area contributed by atoms with Crippen molar-refractivity contribution in [1.29, 1.82) is 0 Å². The van der Waals surface area contributed by atoms with Crippen molar-refractivity contribution in [3.8, 4) is 0 Å². The van der Waals surface area contributed by atoms with E-state index < -0.39 is 0 Å². The molecule has 2 nitrogen and oxygen atoms in total. The molecule has 1 atom stereocenters. The lowest BCUT2D eigenvalue weighted by Crippen LogP contribution is -2.48. The number of nitrogens with zero attached hydrogens (tertiary/aromatic N) is 1. The molecular weight excluding hydrogens is 196 g/mol. The number of piperidine rings is 1. The van der Waals surface area contributed by atoms with Gasteiger partial charge in [-0.3, -0.25) is 4.90 Å². The topological polar surface area (TPSA) is 15.3 Å². The highest BCUT2D eigenvalue weighted by Gasteiger charge is 2.28. The molecular formula is C14H30N2. The van der Waals surface area contributed by atoms with E-state index >= 15 is 0 Å². The summed E-state index contributed by atoms with van der Waals surface area (Å²) in [6, 6.07) is 1.34. The van der Waals surface area contributed by atoms with Gasteiger partial charge in [0.2, 0.25) is 0 Å². The van der Waals surface area contributed by atoms with Gasteiger partial charge in [-0.25, -0.2) is 0 Å². The number of hydrogen-bond acceptors (Lipinski definition) is 2. The van der Waals surface area contributed by atoms with E-state index in [1.165, 1.54) is 32.4 Å². The molecule has 0 aromatic rings. The molecule has 1 heterocycles. The monoisotopic (exact) mass is 226 g/mol. The summed E-state index contributed by atoms with van der Waals surface area (Å²) in [7, 11) is 0. The average molecular weight is 226 g/mol. The van der Waals surface area contributed by atoms with E-state index in [0.717, 1.165) is 12.6 Å². The second-order valence-electron chi connectivity index (χ2n) is 6.33. The summed E-state index contributed by atoms with van der Waals surface area (Å²) in [6.45, 7) is 15.3. The van der Waals surface area contributed by atoms with E-state index in [1.807, 2.05) is 0 Å². The number of hydrogen-bond donors (Lipinski definition) is 1. The molecule has 0 bridgehead atoms. The van der Waals surface area contributed by atoms with Gasteiger partial charge in [0.15, 0.2) is 0 Å². The SMILES string of the molecule is CCC(CNC(C)C)N1CCC(C)(C)CC1. The van der Waals surface area contributed by atoms with Gasteiger partial charge in [-0.05, 0) is 37.8 Å². The molecule has 16 heavy (non-hydrogen) atoms. The van der Waals surface area contributed by atoms with E-state index in [9.17, 15) is 0 Å². The number of likely N-dealkylation sites (tertiary alicyclic amines) is 1. The van der Waals surface area contributed by atoms with Gasteiger partial charge in [0, 0.05) is 18.6 Å². The highest BCUT2D eigenvalue weighted by atomic mass is 15.2. The fraction of sp³-hybridized carbons (Fsp3) is 1.00. The largest absolute Gasteiger partial charge is 0.313 e. The minimum Gasteiger partial charge on any atom is -0.313 e. The third kappa shape index (κ3) is 4.42. The molecule has 2 heteroatoms. The van der Waals surface area contributed by atoms with Crippen LogP contribution in [0, 0.1) is 5.41 Å². The molecule has 0 aliphatic carbocycles. The van der Waals surface area contributed by atoms with Crippen LogP contribution in [0.4, 0.5) is 0 Å². The highest BCUT2D eigenvalue weighted by molar-refractivity contribution is 4.83. The van der Waals surface area contributed by atoms with Crippen LogP contribution in [0.3, 0.4) is 0 Å². The minimum absolute atomic E-state index is 0.570. The average Bonchev–Trinajstić information content (AvgIpc) is 2.20. The molecule has 1 fully saturated rings. The van der Waals surface area contributed by atoms with Crippen LogP contribution >= 0.6 is 0 Å². The molecule has 0 aromatic heterocycles. The van der Waals surface area contributed by atoms with E-state index in [2.05, 4.69) is 44.8 Å². The number of nitrogens with one attached hydrogen (secondary N) is 1. The summed E-state index contributed by atoms with van der Waals surface area (Å²) in [5.41, 5.74) is 0.570. The highest BCUT2D eigenvalue weighted by Crippen LogP contribution is 2.30. The van der Waals surface area contributed by atoms with Gasteiger partial charge in [0.05, 0.1) is 0 Å². The van der Waals surface area contributed by atoms with Crippen molar-refractivity contribution in [1.82, 2.24) is 10.2 Å². The molecule has 0 spiro atoms. The maximum atomic E-state index is 3.57. The first-order valence-corrected chi connectivity index (χ1v) is 6.92. The molecule has 1 rings (SSSR count). The second-order valence-corrected chi connectivity index (χ2v) is 6.33. The lowest BCUT2D eigenvalue weighted by molar-refractivity contribution is 0.0901. The molecule has 1 unspecified atom stereocenters. The van der Waals surface area contributed by atoms with Crippen LogP contribution < -0.4 is 5.32 Å². The van der Waals surface area contributed by atoms with Crippen LogP contribution in [-0.4, -0.2) is 36.6 Å². The standard InChI is InChI=1S/C14H30N2/c1-6-13(11-15-12(2)3)16-9-7-14(4,5)8-10-16/h12-13,15H,6-11H2,1-5H3. The van der Waals surface area contributed by atoms with Crippen LogP contribution in [0.15, 0.2) is 0 Å². The molecule has 0 amide bonds. The molecule has 1 aliphatic rings. The van der Waals surface area contributed by atoms with E-state index in [4.69, 9.17) is 0 Å². The van der Waals surface area contributed by atoms with Gasteiger partial charge < -0.3 is 5.32 Å². The lowest BCUT2D eigenvalue weighted by atomic mass is 9.82. The third-order valence-electron chi connectivity index (χ3n) is 3.90. The van der Waals surface area contributed by atoms with Crippen molar-refractivity contribution in [3.05, 3.63) is 0 Å². The smallest absolute Gasteiger partial charge is 0.0218 e. The molecule has 1 saturated heterocycles. The van der Waals surface area contributed by atoms with Crippen LogP contribution in [0.1, 0.15) is 53.9 Å². The Bertz CT molecular complexity index is 186. The minimum atomic E-state index is 0.570. The summed E-state index contributed by atoms with van der Waals surface area (Å²) < 4.78 is 0. The van der Waals surface area contributed by atoms with Gasteiger partial charge in [-0.15, -0.1) is 0 Å². The molecule has 96 valence electrons. The first-order chi connectivity index (χ1) is 7.44. The van der Waals surface area contributed by atoms with Crippen LogP contribution in [-0.2, 0) is 0 Å². The van der Waals surface area contributed by atoms with Gasteiger partial charge in [-0.1, -0.05) is 34.6 Å². The Morgan fingerprint density at radius 1 is 1.19 bits per heavy atom. The van der Waals surface area contributed by atoms with Crippen molar-refractivity contribution in [3.63, 3.8) is 0 Å². The summed E-state index contributed by atoms with van der Waals surface area (Å²) in [5.74, 6) is 0. The Morgan fingerprint density at radius 3 is 2.19 bits per heavy atom. The molecule has 1 N–H and O–H groups in total. The van der Waals surface area contributed by atoms with Crippen LogP contribution in [0.5, 0.6) is 0 Å². The van der Waals surface area contributed by atoms with Crippen molar-refractivity contribution in [2.24, 2.45) is 5.41 Å². The Labute approximate surface area is 102 Å². The maximum Gasteiger partial charge on any atom is 0.0218 e. The second kappa shape index (κ2) is 6.02. The van der Waals surface area contributed by atoms with Crippen molar-refractivity contribution in [2.45, 2.75) is 66.0 Å². The predicted molar refractivity (Wildman–Crippen MR) is 71.8 cm³/mol. The Balaban J connectivity index is 2.37. The first-order valence-electron chi connectivity index (χ1n) is 6.92. The van der Waals surface area contributed by atoms with E-state index in [1.54, 1.807) is 0 Å². The fourth-order valence-electron chi connectivity index (χ4n) is 2.40. The summed E-state index contributed by atoms with van der Waals surface area (Å²) >= 11 is 0. The third-order valence-corrected chi connectivity index (χ3v) is 3.90. The molecule has 1 aliphatic heterocycles. The summed E-state index contributed by atoms with van der Waals surface area (Å²) in [6.07, 6.45) is 3.97. The normalized spacial score (nSPS) is 23.6. The predicted octanol–water partition coefficient (Wildman–Crippen LogP) is 2.89. The summed E-state index contributed by atoms with van der Waals surface area (Å²) in [4.78, 5) is 2.68. The quantitative estimate of drug-likeness (QED) is 0.775. The van der Waals surface area contributed by atoms with E-state index in [0.29, 0.717) is 11.5 Å². The zero-order valence-electron chi connectivity index (χ0n) is 11.8. The van der Waals surface area contributed by atoms with Gasteiger partial charge in [-0.2, -0.15) is 0 Å². The lowest BCUT2D eigenvalue weighted by Gasteiger charge is -2.41. The van der Waals surface area contributed by atoms with Crippen molar-refractivity contribution in [2.75, 3.05) is 19.6 Å². The summed E-state index contributed by atoms with van der Waals surface area (Å²) in [5, 5.41) is 3.57. The Kier molecular flexibility index (Phi) is 5.26. The molecule has 0 saturated carbocycles. The Hall–Kier alpha value is -0.0800. The van der Waals surface area contributed by atoms with Gasteiger partial charge in [0.25, 0.3) is 0 Å². The zero-order valence-corrected chi connectivity index (χ0v) is 11.8.